The van der Waals surface area contributed by atoms with Gasteiger partial charge in [0.05, 0.1) is 12.7 Å². The van der Waals surface area contributed by atoms with Crippen LogP contribution in [0.5, 0.6) is 5.75 Å². The minimum Gasteiger partial charge on any atom is -0.497 e. The van der Waals surface area contributed by atoms with E-state index in [1.165, 1.54) is 0 Å². The summed E-state index contributed by atoms with van der Waals surface area (Å²) in [6, 6.07) is 16.7. The molecule has 1 N–H and O–H groups in total. The maximum Gasteiger partial charge on any atom is 0.259 e. The average molecular weight is 386 g/mol. The highest BCUT2D eigenvalue weighted by Crippen LogP contribution is 2.27. The van der Waals surface area contributed by atoms with Gasteiger partial charge < -0.3 is 14.5 Å². The number of ether oxygens (including phenoxy) is 1. The lowest BCUT2D eigenvalue weighted by Crippen LogP contribution is -2.12. The van der Waals surface area contributed by atoms with Gasteiger partial charge in [0, 0.05) is 21.8 Å². The molecule has 0 spiro atoms. The highest BCUT2D eigenvalue weighted by atomic mass is 79.9. The van der Waals surface area contributed by atoms with E-state index in [9.17, 15) is 4.79 Å². The van der Waals surface area contributed by atoms with Gasteiger partial charge >= 0.3 is 0 Å². The highest BCUT2D eigenvalue weighted by molar-refractivity contribution is 9.10. The Balaban J connectivity index is 1.83. The number of carbonyl (C=O) groups is 1. The second-order valence-electron chi connectivity index (χ2n) is 5.27. The number of benzene rings is 2. The van der Waals surface area contributed by atoms with Crippen molar-refractivity contribution in [3.63, 3.8) is 0 Å². The smallest absolute Gasteiger partial charge is 0.259 e. The van der Waals surface area contributed by atoms with E-state index in [0.29, 0.717) is 28.5 Å². The molecule has 3 aromatic rings. The molecule has 0 aliphatic heterocycles. The fourth-order valence-electron chi connectivity index (χ4n) is 2.36. The van der Waals surface area contributed by atoms with Crippen molar-refractivity contribution in [2.45, 2.75) is 6.92 Å². The van der Waals surface area contributed by atoms with Crippen molar-refractivity contribution in [2.75, 3.05) is 12.4 Å². The van der Waals surface area contributed by atoms with Crippen LogP contribution in [0.25, 0.3) is 11.3 Å². The first-order valence-corrected chi connectivity index (χ1v) is 8.18. The summed E-state index contributed by atoms with van der Waals surface area (Å²) in [7, 11) is 1.59. The fraction of sp³-hybridized carbons (Fsp3) is 0.105. The Hall–Kier alpha value is -2.53. The molecule has 4 nitrogen and oxygen atoms in total. The number of halogens is 1. The summed E-state index contributed by atoms with van der Waals surface area (Å²) in [5.74, 6) is 1.71. The SMILES string of the molecule is COc1cccc(NC(=O)c2cc(-c3ccc(Br)cc3)oc2C)c1. The molecule has 24 heavy (non-hydrogen) atoms. The minimum absolute atomic E-state index is 0.215. The number of carbonyl (C=O) groups excluding carboxylic acids is 1. The molecular weight excluding hydrogens is 370 g/mol. The molecule has 0 atom stereocenters. The van der Waals surface area contributed by atoms with Gasteiger partial charge in [0.1, 0.15) is 17.3 Å². The quantitative estimate of drug-likeness (QED) is 0.664. The van der Waals surface area contributed by atoms with Crippen LogP contribution >= 0.6 is 15.9 Å². The van der Waals surface area contributed by atoms with Crippen LogP contribution in [0.4, 0.5) is 5.69 Å². The maximum atomic E-state index is 12.5. The molecule has 0 unspecified atom stereocenters. The Kier molecular flexibility index (Phi) is 4.71. The summed E-state index contributed by atoms with van der Waals surface area (Å²) in [6.07, 6.45) is 0. The predicted molar refractivity (Wildman–Crippen MR) is 97.5 cm³/mol. The number of aryl methyl sites for hydroxylation is 1. The third kappa shape index (κ3) is 3.51. The van der Waals surface area contributed by atoms with Crippen molar-refractivity contribution in [1.82, 2.24) is 0 Å². The molecule has 0 aliphatic carbocycles. The third-order valence-electron chi connectivity index (χ3n) is 3.62. The molecular formula is C19H16BrNO3. The van der Waals surface area contributed by atoms with Crippen molar-refractivity contribution >= 4 is 27.5 Å². The standard InChI is InChI=1S/C19H16BrNO3/c1-12-17(11-18(24-12)13-6-8-14(20)9-7-13)19(22)21-15-4-3-5-16(10-15)23-2/h3-11H,1-2H3,(H,21,22). The maximum absolute atomic E-state index is 12.5. The van der Waals surface area contributed by atoms with Crippen molar-refractivity contribution in [2.24, 2.45) is 0 Å². The predicted octanol–water partition coefficient (Wildman–Crippen LogP) is 5.28. The zero-order valence-corrected chi connectivity index (χ0v) is 14.9. The zero-order chi connectivity index (χ0) is 17.1. The number of hydrogen-bond donors (Lipinski definition) is 1. The third-order valence-corrected chi connectivity index (χ3v) is 4.15. The molecule has 0 saturated heterocycles. The molecule has 3 rings (SSSR count). The van der Waals surface area contributed by atoms with E-state index in [0.717, 1.165) is 10.0 Å². The first kappa shape index (κ1) is 16.3. The highest BCUT2D eigenvalue weighted by Gasteiger charge is 2.16. The van der Waals surface area contributed by atoms with Gasteiger partial charge in [-0.25, -0.2) is 0 Å². The molecule has 2 aromatic carbocycles. The van der Waals surface area contributed by atoms with Crippen LogP contribution in [0.1, 0.15) is 16.1 Å². The Labute approximate surface area is 148 Å². The lowest BCUT2D eigenvalue weighted by atomic mass is 10.1. The number of furan rings is 1. The van der Waals surface area contributed by atoms with E-state index in [1.807, 2.05) is 42.5 Å². The molecule has 122 valence electrons. The van der Waals surface area contributed by atoms with Crippen molar-refractivity contribution < 1.29 is 13.9 Å². The molecule has 1 amide bonds. The van der Waals surface area contributed by atoms with E-state index in [2.05, 4.69) is 21.2 Å². The second-order valence-corrected chi connectivity index (χ2v) is 6.19. The van der Waals surface area contributed by atoms with E-state index >= 15 is 0 Å². The Morgan fingerprint density at radius 2 is 1.88 bits per heavy atom. The van der Waals surface area contributed by atoms with Gasteiger partial charge in [-0.05, 0) is 37.3 Å². The number of nitrogens with one attached hydrogen (secondary N) is 1. The first-order valence-electron chi connectivity index (χ1n) is 7.38. The number of anilines is 1. The van der Waals surface area contributed by atoms with Crippen LogP contribution in [0, 0.1) is 6.92 Å². The van der Waals surface area contributed by atoms with Crippen LogP contribution in [-0.2, 0) is 0 Å². The molecule has 5 heteroatoms. The van der Waals surface area contributed by atoms with E-state index in [1.54, 1.807) is 26.2 Å². The van der Waals surface area contributed by atoms with Crippen molar-refractivity contribution in [3.05, 3.63) is 70.4 Å². The normalized spacial score (nSPS) is 10.5. The van der Waals surface area contributed by atoms with Crippen LogP contribution in [0.15, 0.2) is 63.5 Å². The van der Waals surface area contributed by atoms with Gasteiger partial charge in [-0.2, -0.15) is 0 Å². The van der Waals surface area contributed by atoms with Crippen LogP contribution < -0.4 is 10.1 Å². The Morgan fingerprint density at radius 3 is 2.58 bits per heavy atom. The van der Waals surface area contributed by atoms with Gasteiger partial charge in [-0.3, -0.25) is 4.79 Å². The van der Waals surface area contributed by atoms with Crippen molar-refractivity contribution in [3.8, 4) is 17.1 Å². The number of amides is 1. The Morgan fingerprint density at radius 1 is 1.12 bits per heavy atom. The average Bonchev–Trinajstić information content (AvgIpc) is 2.97. The van der Waals surface area contributed by atoms with Gasteiger partial charge in [0.2, 0.25) is 0 Å². The fourth-order valence-corrected chi connectivity index (χ4v) is 2.63. The molecule has 1 heterocycles. The summed E-state index contributed by atoms with van der Waals surface area (Å²) >= 11 is 3.40. The summed E-state index contributed by atoms with van der Waals surface area (Å²) in [6.45, 7) is 1.78. The molecule has 0 saturated carbocycles. The van der Waals surface area contributed by atoms with Gasteiger partial charge in [0.15, 0.2) is 0 Å². The van der Waals surface area contributed by atoms with Gasteiger partial charge in [-0.15, -0.1) is 0 Å². The largest absolute Gasteiger partial charge is 0.497 e. The molecule has 0 radical (unpaired) electrons. The number of hydrogen-bond acceptors (Lipinski definition) is 3. The first-order chi connectivity index (χ1) is 11.6. The van der Waals surface area contributed by atoms with Gasteiger partial charge in [-0.1, -0.05) is 34.1 Å². The molecule has 1 aromatic heterocycles. The lowest BCUT2D eigenvalue weighted by molar-refractivity contribution is 0.102. The van der Waals surface area contributed by atoms with E-state index in [4.69, 9.17) is 9.15 Å². The minimum atomic E-state index is -0.215. The summed E-state index contributed by atoms with van der Waals surface area (Å²) in [4.78, 5) is 12.5. The van der Waals surface area contributed by atoms with Crippen LogP contribution in [0.3, 0.4) is 0 Å². The van der Waals surface area contributed by atoms with Crippen LogP contribution in [-0.4, -0.2) is 13.0 Å². The van der Waals surface area contributed by atoms with Crippen molar-refractivity contribution in [1.29, 1.82) is 0 Å². The Bertz CT molecular complexity index is 869. The monoisotopic (exact) mass is 385 g/mol. The van der Waals surface area contributed by atoms with Gasteiger partial charge in [0.25, 0.3) is 5.91 Å². The topological polar surface area (TPSA) is 51.5 Å². The zero-order valence-electron chi connectivity index (χ0n) is 13.3. The molecule has 0 fully saturated rings. The summed E-state index contributed by atoms with van der Waals surface area (Å²) in [5, 5.41) is 2.86. The second kappa shape index (κ2) is 6.93. The van der Waals surface area contributed by atoms with Crippen LogP contribution in [0.2, 0.25) is 0 Å². The number of methoxy groups -OCH3 is 1. The molecule has 0 bridgehead atoms. The van der Waals surface area contributed by atoms with E-state index < -0.39 is 0 Å². The summed E-state index contributed by atoms with van der Waals surface area (Å²) in [5.41, 5.74) is 2.10. The lowest BCUT2D eigenvalue weighted by Gasteiger charge is -2.06. The molecule has 0 aliphatic rings. The van der Waals surface area contributed by atoms with E-state index in [-0.39, 0.29) is 5.91 Å². The number of rotatable bonds is 4. The summed E-state index contributed by atoms with van der Waals surface area (Å²) < 4.78 is 11.9.